The quantitative estimate of drug-likeness (QED) is 0.501. The summed E-state index contributed by atoms with van der Waals surface area (Å²) in [6.45, 7) is 4.61. The van der Waals surface area contributed by atoms with Gasteiger partial charge in [-0.2, -0.15) is 4.31 Å². The molecule has 1 aromatic heterocycles. The maximum atomic E-state index is 12.4. The number of hydrogen-bond donors (Lipinski definition) is 0. The third kappa shape index (κ3) is 5.06. The van der Waals surface area contributed by atoms with Crippen LogP contribution in [0.2, 0.25) is 0 Å². The molecule has 0 bridgehead atoms. The third-order valence-electron chi connectivity index (χ3n) is 3.75. The van der Waals surface area contributed by atoms with Gasteiger partial charge in [-0.15, -0.1) is 11.8 Å². The maximum absolute atomic E-state index is 12.4. The molecular formula is C18H24N2O2S2. The first-order valence-electron chi connectivity index (χ1n) is 8.20. The SMILES string of the molecule is CCN(CC)S(=O)(=O)c1ccc(SCCCc2ccccc2)nc1. The van der Waals surface area contributed by atoms with Gasteiger partial charge in [0.05, 0.1) is 5.03 Å². The second-order valence-corrected chi connectivity index (χ2v) is 8.41. The lowest BCUT2D eigenvalue weighted by Gasteiger charge is -2.18. The van der Waals surface area contributed by atoms with Crippen molar-refractivity contribution < 1.29 is 8.42 Å². The van der Waals surface area contributed by atoms with Crippen LogP contribution in [0.1, 0.15) is 25.8 Å². The molecule has 0 fully saturated rings. The summed E-state index contributed by atoms with van der Waals surface area (Å²) < 4.78 is 26.2. The van der Waals surface area contributed by atoms with E-state index in [1.807, 2.05) is 19.9 Å². The Labute approximate surface area is 149 Å². The molecule has 1 heterocycles. The molecule has 0 saturated carbocycles. The summed E-state index contributed by atoms with van der Waals surface area (Å²) >= 11 is 1.66. The molecule has 0 N–H and O–H groups in total. The van der Waals surface area contributed by atoms with Crippen molar-refractivity contribution in [1.29, 1.82) is 0 Å². The van der Waals surface area contributed by atoms with E-state index in [9.17, 15) is 8.42 Å². The van der Waals surface area contributed by atoms with Gasteiger partial charge in [-0.25, -0.2) is 13.4 Å². The number of benzene rings is 1. The van der Waals surface area contributed by atoms with Gasteiger partial charge in [0.25, 0.3) is 0 Å². The Bertz CT molecular complexity index is 712. The van der Waals surface area contributed by atoms with Crippen LogP contribution in [-0.4, -0.2) is 36.5 Å². The highest BCUT2D eigenvalue weighted by atomic mass is 32.2. The highest BCUT2D eigenvalue weighted by Gasteiger charge is 2.21. The molecule has 4 nitrogen and oxygen atoms in total. The Morgan fingerprint density at radius 1 is 1.04 bits per heavy atom. The second-order valence-electron chi connectivity index (χ2n) is 5.36. The summed E-state index contributed by atoms with van der Waals surface area (Å²) in [5.41, 5.74) is 1.34. The number of aromatic nitrogens is 1. The Morgan fingerprint density at radius 3 is 2.33 bits per heavy atom. The Hall–Kier alpha value is -1.37. The van der Waals surface area contributed by atoms with Gasteiger partial charge in [0.15, 0.2) is 0 Å². The lowest BCUT2D eigenvalue weighted by Crippen LogP contribution is -2.30. The van der Waals surface area contributed by atoms with Crippen LogP contribution in [0.4, 0.5) is 0 Å². The summed E-state index contributed by atoms with van der Waals surface area (Å²) in [4.78, 5) is 4.56. The fraction of sp³-hybridized carbons (Fsp3) is 0.389. The monoisotopic (exact) mass is 364 g/mol. The molecule has 0 spiro atoms. The molecule has 24 heavy (non-hydrogen) atoms. The zero-order chi connectivity index (χ0) is 17.4. The number of thioether (sulfide) groups is 1. The van der Waals surface area contributed by atoms with Gasteiger partial charge >= 0.3 is 0 Å². The fourth-order valence-electron chi connectivity index (χ4n) is 2.42. The Morgan fingerprint density at radius 2 is 1.75 bits per heavy atom. The fourth-order valence-corrected chi connectivity index (χ4v) is 4.61. The molecule has 6 heteroatoms. The van der Waals surface area contributed by atoms with E-state index in [4.69, 9.17) is 0 Å². The molecular weight excluding hydrogens is 340 g/mol. The van der Waals surface area contributed by atoms with E-state index in [1.54, 1.807) is 23.9 Å². The zero-order valence-electron chi connectivity index (χ0n) is 14.2. The van der Waals surface area contributed by atoms with E-state index in [0.717, 1.165) is 23.6 Å². The van der Waals surface area contributed by atoms with Crippen molar-refractivity contribution in [2.75, 3.05) is 18.8 Å². The minimum Gasteiger partial charge on any atom is -0.249 e. The first-order chi connectivity index (χ1) is 11.6. The zero-order valence-corrected chi connectivity index (χ0v) is 15.8. The second kappa shape index (κ2) is 9.20. The summed E-state index contributed by atoms with van der Waals surface area (Å²) in [6.07, 6.45) is 3.57. The summed E-state index contributed by atoms with van der Waals surface area (Å²) in [6, 6.07) is 13.9. The van der Waals surface area contributed by atoms with Crippen LogP contribution in [0.15, 0.2) is 58.6 Å². The lowest BCUT2D eigenvalue weighted by molar-refractivity contribution is 0.445. The topological polar surface area (TPSA) is 50.3 Å². The average molecular weight is 365 g/mol. The summed E-state index contributed by atoms with van der Waals surface area (Å²) in [5, 5.41) is 0.863. The highest BCUT2D eigenvalue weighted by molar-refractivity contribution is 7.99. The van der Waals surface area contributed by atoms with Crippen molar-refractivity contribution in [3.05, 3.63) is 54.2 Å². The van der Waals surface area contributed by atoms with Gasteiger partial charge in [0, 0.05) is 19.3 Å². The number of hydrogen-bond acceptors (Lipinski definition) is 4. The molecule has 0 amide bonds. The number of pyridine rings is 1. The van der Waals surface area contributed by atoms with E-state index in [2.05, 4.69) is 29.2 Å². The van der Waals surface area contributed by atoms with E-state index in [0.29, 0.717) is 13.1 Å². The molecule has 0 aliphatic rings. The molecule has 0 atom stereocenters. The molecule has 0 saturated heterocycles. The van der Waals surface area contributed by atoms with Gasteiger partial charge in [-0.05, 0) is 36.3 Å². The van der Waals surface area contributed by atoms with Crippen molar-refractivity contribution in [2.45, 2.75) is 36.6 Å². The average Bonchev–Trinajstić information content (AvgIpc) is 2.61. The van der Waals surface area contributed by atoms with Crippen molar-refractivity contribution in [3.8, 4) is 0 Å². The summed E-state index contributed by atoms with van der Waals surface area (Å²) in [7, 11) is -3.42. The standard InChI is InChI=1S/C18H24N2O2S2/c1-3-20(4-2)24(21,22)17-12-13-18(19-15-17)23-14-8-11-16-9-6-5-7-10-16/h5-7,9-10,12-13,15H,3-4,8,11,14H2,1-2H3. The molecule has 2 aromatic rings. The van der Waals surface area contributed by atoms with Crippen molar-refractivity contribution in [2.24, 2.45) is 0 Å². The Kier molecular flexibility index (Phi) is 7.27. The molecule has 1 aromatic carbocycles. The smallest absolute Gasteiger partial charge is 0.244 e. The van der Waals surface area contributed by atoms with Crippen LogP contribution in [0, 0.1) is 0 Å². The third-order valence-corrected chi connectivity index (χ3v) is 6.82. The predicted octanol–water partition coefficient (Wildman–Crippen LogP) is 3.84. The van der Waals surface area contributed by atoms with Crippen LogP contribution < -0.4 is 0 Å². The van der Waals surface area contributed by atoms with Crippen LogP contribution in [-0.2, 0) is 16.4 Å². The van der Waals surface area contributed by atoms with Crippen LogP contribution in [0.5, 0.6) is 0 Å². The molecule has 0 aliphatic carbocycles. The molecule has 0 radical (unpaired) electrons. The van der Waals surface area contributed by atoms with E-state index in [-0.39, 0.29) is 4.90 Å². The Balaban J connectivity index is 1.88. The molecule has 2 rings (SSSR count). The molecule has 0 unspecified atom stereocenters. The number of nitrogens with zero attached hydrogens (tertiary/aromatic N) is 2. The highest BCUT2D eigenvalue weighted by Crippen LogP contribution is 2.20. The number of aryl methyl sites for hydroxylation is 1. The maximum Gasteiger partial charge on any atom is 0.244 e. The van der Waals surface area contributed by atoms with E-state index >= 15 is 0 Å². The first-order valence-corrected chi connectivity index (χ1v) is 10.6. The normalized spacial score (nSPS) is 11.8. The predicted molar refractivity (Wildman–Crippen MR) is 99.8 cm³/mol. The van der Waals surface area contributed by atoms with E-state index in [1.165, 1.54) is 16.1 Å². The molecule has 130 valence electrons. The lowest BCUT2D eigenvalue weighted by atomic mass is 10.1. The van der Waals surface area contributed by atoms with Crippen molar-refractivity contribution >= 4 is 21.8 Å². The minimum atomic E-state index is -3.42. The van der Waals surface area contributed by atoms with E-state index < -0.39 is 10.0 Å². The molecule has 0 aliphatic heterocycles. The van der Waals surface area contributed by atoms with Gasteiger partial charge < -0.3 is 0 Å². The van der Waals surface area contributed by atoms with Crippen LogP contribution in [0.25, 0.3) is 0 Å². The van der Waals surface area contributed by atoms with Gasteiger partial charge in [-0.3, -0.25) is 0 Å². The largest absolute Gasteiger partial charge is 0.249 e. The van der Waals surface area contributed by atoms with Gasteiger partial charge in [-0.1, -0.05) is 44.2 Å². The minimum absolute atomic E-state index is 0.264. The van der Waals surface area contributed by atoms with Crippen LogP contribution >= 0.6 is 11.8 Å². The van der Waals surface area contributed by atoms with Gasteiger partial charge in [0.1, 0.15) is 4.90 Å². The van der Waals surface area contributed by atoms with Gasteiger partial charge in [0.2, 0.25) is 10.0 Å². The number of sulfonamides is 1. The first kappa shape index (κ1) is 19.0. The van der Waals surface area contributed by atoms with Crippen LogP contribution in [0.3, 0.4) is 0 Å². The van der Waals surface area contributed by atoms with Crippen molar-refractivity contribution in [1.82, 2.24) is 9.29 Å². The number of rotatable bonds is 9. The summed E-state index contributed by atoms with van der Waals surface area (Å²) in [5.74, 6) is 0.962. The van der Waals surface area contributed by atoms with Crippen molar-refractivity contribution in [3.63, 3.8) is 0 Å².